The van der Waals surface area contributed by atoms with Crippen LogP contribution >= 0.6 is 22.9 Å². The van der Waals surface area contributed by atoms with E-state index in [4.69, 9.17) is 16.7 Å². The molecule has 0 bridgehead atoms. The fourth-order valence-corrected chi connectivity index (χ4v) is 2.30. The van der Waals surface area contributed by atoms with Crippen LogP contribution in [0.2, 0.25) is 5.02 Å². The molecule has 0 saturated heterocycles. The molecular weight excluding hydrogens is 315 g/mol. The lowest BCUT2D eigenvalue weighted by Gasteiger charge is -2.03. The van der Waals surface area contributed by atoms with Gasteiger partial charge < -0.3 is 5.11 Å². The second-order valence-electron chi connectivity index (χ2n) is 3.86. The first kappa shape index (κ1) is 15.4. The zero-order valence-electron chi connectivity index (χ0n) is 10.7. The second kappa shape index (κ2) is 7.18. The number of benzene rings is 1. The fourth-order valence-electron chi connectivity index (χ4n) is 1.44. The lowest BCUT2D eigenvalue weighted by atomic mass is 10.2. The molecule has 0 spiro atoms. The van der Waals surface area contributed by atoms with E-state index in [9.17, 15) is 9.18 Å². The highest BCUT2D eigenvalue weighted by atomic mass is 35.5. The Bertz CT molecular complexity index is 721. The quantitative estimate of drug-likeness (QED) is 0.853. The zero-order valence-corrected chi connectivity index (χ0v) is 12.3. The van der Waals surface area contributed by atoms with E-state index in [2.05, 4.69) is 22.1 Å². The van der Waals surface area contributed by atoms with Crippen LogP contribution in [0.15, 0.2) is 24.4 Å². The van der Waals surface area contributed by atoms with Crippen LogP contribution in [0.25, 0.3) is 0 Å². The van der Waals surface area contributed by atoms with E-state index < -0.39 is 11.7 Å². The van der Waals surface area contributed by atoms with Gasteiger partial charge in [0.25, 0.3) is 5.91 Å². The largest absolute Gasteiger partial charge is 0.395 e. The third-order valence-corrected chi connectivity index (χ3v) is 3.49. The van der Waals surface area contributed by atoms with Gasteiger partial charge in [0.15, 0.2) is 10.9 Å². The Morgan fingerprint density at radius 1 is 1.52 bits per heavy atom. The number of hydrogen-bond acceptors (Lipinski definition) is 4. The molecule has 1 heterocycles. The van der Waals surface area contributed by atoms with Gasteiger partial charge in [0.05, 0.1) is 28.3 Å². The number of aromatic nitrogens is 1. The van der Waals surface area contributed by atoms with Crippen molar-refractivity contribution in [1.82, 2.24) is 4.98 Å². The Morgan fingerprint density at radius 3 is 3.10 bits per heavy atom. The molecule has 4 nitrogen and oxygen atoms in total. The first-order valence-corrected chi connectivity index (χ1v) is 7.12. The van der Waals surface area contributed by atoms with Gasteiger partial charge in [0.2, 0.25) is 0 Å². The predicted octanol–water partition coefficient (Wildman–Crippen LogP) is 2.92. The van der Waals surface area contributed by atoms with Gasteiger partial charge in [0.1, 0.15) is 0 Å². The lowest BCUT2D eigenvalue weighted by molar-refractivity contribution is 0.102. The van der Waals surface area contributed by atoms with E-state index in [-0.39, 0.29) is 17.2 Å². The maximum Gasteiger partial charge on any atom is 0.260 e. The third kappa shape index (κ3) is 4.02. The number of hydrogen-bond donors (Lipinski definition) is 2. The molecule has 0 fully saturated rings. The van der Waals surface area contributed by atoms with Crippen molar-refractivity contribution in [1.29, 1.82) is 0 Å². The predicted molar refractivity (Wildman–Crippen MR) is 80.1 cm³/mol. The molecule has 2 aromatic rings. The molecule has 0 atom stereocenters. The molecule has 0 saturated carbocycles. The first-order valence-electron chi connectivity index (χ1n) is 5.92. The van der Waals surface area contributed by atoms with Crippen LogP contribution < -0.4 is 5.32 Å². The number of thiazole rings is 1. The van der Waals surface area contributed by atoms with Crippen LogP contribution in [0.5, 0.6) is 0 Å². The van der Waals surface area contributed by atoms with E-state index in [1.165, 1.54) is 24.4 Å². The smallest absolute Gasteiger partial charge is 0.260 e. The summed E-state index contributed by atoms with van der Waals surface area (Å²) in [6, 6.07) is 4.20. The van der Waals surface area contributed by atoms with Crippen molar-refractivity contribution in [2.24, 2.45) is 0 Å². The van der Waals surface area contributed by atoms with Crippen molar-refractivity contribution in [3.05, 3.63) is 45.7 Å². The van der Waals surface area contributed by atoms with Gasteiger partial charge in [-0.15, -0.1) is 0 Å². The summed E-state index contributed by atoms with van der Waals surface area (Å²) in [5, 5.41) is 11.3. The number of aliphatic hydroxyl groups is 1. The summed E-state index contributed by atoms with van der Waals surface area (Å²) < 4.78 is 13.7. The molecule has 0 unspecified atom stereocenters. The van der Waals surface area contributed by atoms with E-state index in [1.807, 2.05) is 0 Å². The van der Waals surface area contributed by atoms with Gasteiger partial charge in [-0.2, -0.15) is 0 Å². The van der Waals surface area contributed by atoms with E-state index in [0.29, 0.717) is 16.4 Å². The standard InChI is InChI=1S/C14H10ClFN2O2S/c15-11-6-3-5-10(12(11)16)13(20)18-14-17-8-9(21-14)4-1-2-7-19/h3,5-6,8,19H,2,7H2,(H,17,18,20). The minimum Gasteiger partial charge on any atom is -0.395 e. The average molecular weight is 325 g/mol. The fraction of sp³-hybridized carbons (Fsp3) is 0.143. The number of anilines is 1. The molecule has 2 N–H and O–H groups in total. The molecule has 108 valence electrons. The molecule has 1 amide bonds. The van der Waals surface area contributed by atoms with Crippen LogP contribution in [0.1, 0.15) is 21.7 Å². The van der Waals surface area contributed by atoms with E-state index in [1.54, 1.807) is 0 Å². The molecule has 1 aromatic heterocycles. The molecular formula is C14H10ClFN2O2S. The van der Waals surface area contributed by atoms with Crippen LogP contribution in [-0.4, -0.2) is 22.6 Å². The van der Waals surface area contributed by atoms with Gasteiger partial charge in [-0.3, -0.25) is 10.1 Å². The van der Waals surface area contributed by atoms with Crippen molar-refractivity contribution in [3.8, 4) is 11.8 Å². The Morgan fingerprint density at radius 2 is 2.33 bits per heavy atom. The van der Waals surface area contributed by atoms with Gasteiger partial charge in [-0.25, -0.2) is 9.37 Å². The van der Waals surface area contributed by atoms with Gasteiger partial charge in [-0.1, -0.05) is 40.8 Å². The maximum absolute atomic E-state index is 13.7. The van der Waals surface area contributed by atoms with Crippen LogP contribution in [0, 0.1) is 17.7 Å². The summed E-state index contributed by atoms with van der Waals surface area (Å²) in [5.74, 6) is 4.15. The maximum atomic E-state index is 13.7. The van der Waals surface area contributed by atoms with E-state index >= 15 is 0 Å². The summed E-state index contributed by atoms with van der Waals surface area (Å²) in [6.45, 7) is -0.0105. The minimum atomic E-state index is -0.767. The molecule has 1 aromatic carbocycles. The highest BCUT2D eigenvalue weighted by molar-refractivity contribution is 7.16. The number of nitrogens with zero attached hydrogens (tertiary/aromatic N) is 1. The summed E-state index contributed by atoms with van der Waals surface area (Å²) in [5.41, 5.74) is -0.148. The number of aliphatic hydroxyl groups excluding tert-OH is 1. The summed E-state index contributed by atoms with van der Waals surface area (Å²) in [7, 11) is 0. The van der Waals surface area contributed by atoms with Crippen molar-refractivity contribution < 1.29 is 14.3 Å². The molecule has 0 aliphatic heterocycles. The Hall–Kier alpha value is -1.94. The Kier molecular flexibility index (Phi) is 5.28. The van der Waals surface area contributed by atoms with Crippen molar-refractivity contribution in [2.45, 2.75) is 6.42 Å². The van der Waals surface area contributed by atoms with Gasteiger partial charge in [-0.05, 0) is 12.1 Å². The lowest BCUT2D eigenvalue weighted by Crippen LogP contribution is -2.13. The Labute approximate surface area is 129 Å². The summed E-state index contributed by atoms with van der Waals surface area (Å²) in [6.07, 6.45) is 1.87. The number of halogens is 2. The average Bonchev–Trinajstić information content (AvgIpc) is 2.89. The van der Waals surface area contributed by atoms with Gasteiger partial charge >= 0.3 is 0 Å². The first-order chi connectivity index (χ1) is 10.1. The Balaban J connectivity index is 2.10. The molecule has 0 aliphatic carbocycles. The number of carbonyl (C=O) groups is 1. The highest BCUT2D eigenvalue weighted by Gasteiger charge is 2.15. The number of nitrogens with one attached hydrogen (secondary N) is 1. The van der Waals surface area contributed by atoms with Crippen molar-refractivity contribution in [3.63, 3.8) is 0 Å². The minimum absolute atomic E-state index is 0.0105. The molecule has 0 radical (unpaired) electrons. The van der Waals surface area contributed by atoms with Crippen LogP contribution in [0.4, 0.5) is 9.52 Å². The SMILES string of the molecule is O=C(Nc1ncc(C#CCCO)s1)c1cccc(Cl)c1F. The van der Waals surface area contributed by atoms with Crippen molar-refractivity contribution in [2.75, 3.05) is 11.9 Å². The number of rotatable bonds is 3. The van der Waals surface area contributed by atoms with E-state index in [0.717, 1.165) is 11.3 Å². The topological polar surface area (TPSA) is 62.2 Å². The third-order valence-electron chi connectivity index (χ3n) is 2.37. The monoisotopic (exact) mass is 324 g/mol. The summed E-state index contributed by atoms with van der Waals surface area (Å²) in [4.78, 5) is 16.6. The molecule has 21 heavy (non-hydrogen) atoms. The summed E-state index contributed by atoms with van der Waals surface area (Å²) >= 11 is 6.79. The normalized spacial score (nSPS) is 9.86. The number of carbonyl (C=O) groups excluding carboxylic acids is 1. The molecule has 7 heteroatoms. The highest BCUT2D eigenvalue weighted by Crippen LogP contribution is 2.21. The second-order valence-corrected chi connectivity index (χ2v) is 5.30. The van der Waals surface area contributed by atoms with Crippen LogP contribution in [-0.2, 0) is 0 Å². The van der Waals surface area contributed by atoms with Crippen molar-refractivity contribution >= 4 is 34.0 Å². The molecule has 2 rings (SSSR count). The molecule has 0 aliphatic rings. The van der Waals surface area contributed by atoms with Gasteiger partial charge in [0, 0.05) is 6.42 Å². The van der Waals surface area contributed by atoms with Crippen LogP contribution in [0.3, 0.4) is 0 Å². The zero-order chi connectivity index (χ0) is 15.2. The number of amides is 1.